The molecule has 1 heterocycles. The lowest BCUT2D eigenvalue weighted by molar-refractivity contribution is -0.113. The smallest absolute Gasteiger partial charge is 0.234 e. The van der Waals surface area contributed by atoms with Crippen LogP contribution in [0.1, 0.15) is 44.2 Å². The minimum atomic E-state index is -0.406. The third-order valence-electron chi connectivity index (χ3n) is 5.34. The van der Waals surface area contributed by atoms with Crippen molar-refractivity contribution in [3.05, 3.63) is 96.1 Å². The molecule has 1 atom stereocenters. The molecule has 4 rings (SSSR count). The van der Waals surface area contributed by atoms with Crippen LogP contribution in [0.3, 0.4) is 0 Å². The minimum absolute atomic E-state index is 0.0907. The number of hydrogen-bond acceptors (Lipinski definition) is 5. The van der Waals surface area contributed by atoms with Gasteiger partial charge in [0.15, 0.2) is 17.1 Å². The van der Waals surface area contributed by atoms with E-state index >= 15 is 0 Å². The molecule has 35 heavy (non-hydrogen) atoms. The number of nitrogens with zero attached hydrogens (tertiary/aromatic N) is 3. The number of para-hydroxylation sites is 1. The highest BCUT2D eigenvalue weighted by Gasteiger charge is 2.22. The average molecular weight is 491 g/mol. The molecule has 1 amide bonds. The van der Waals surface area contributed by atoms with Crippen molar-refractivity contribution >= 4 is 23.4 Å². The number of carbonyl (C=O) groups is 1. The number of benzene rings is 3. The SMILES string of the molecule is CC(C)c1ccc(OC(C)c2nnc(SCC(=O)Nc3cccc(F)c3)n2-c2ccccc2)cc1. The summed E-state index contributed by atoms with van der Waals surface area (Å²) in [5, 5.41) is 12.0. The number of nitrogens with one attached hydrogen (secondary N) is 1. The van der Waals surface area contributed by atoms with Crippen LogP contribution < -0.4 is 10.1 Å². The third kappa shape index (κ3) is 6.27. The number of amides is 1. The average Bonchev–Trinajstić information content (AvgIpc) is 3.28. The number of carbonyl (C=O) groups excluding carboxylic acids is 1. The van der Waals surface area contributed by atoms with Crippen LogP contribution in [0.2, 0.25) is 0 Å². The van der Waals surface area contributed by atoms with Gasteiger partial charge >= 0.3 is 0 Å². The van der Waals surface area contributed by atoms with Crippen molar-refractivity contribution in [1.29, 1.82) is 0 Å². The summed E-state index contributed by atoms with van der Waals surface area (Å²) >= 11 is 1.25. The molecular formula is C27H27FN4O2S. The first-order valence-corrected chi connectivity index (χ1v) is 12.3. The van der Waals surface area contributed by atoms with Gasteiger partial charge in [-0.1, -0.05) is 62.0 Å². The van der Waals surface area contributed by atoms with Gasteiger partial charge in [0.25, 0.3) is 0 Å². The minimum Gasteiger partial charge on any atom is -0.483 e. The molecule has 0 spiro atoms. The zero-order valence-electron chi connectivity index (χ0n) is 19.8. The van der Waals surface area contributed by atoms with Gasteiger partial charge in [-0.2, -0.15) is 0 Å². The Morgan fingerprint density at radius 2 is 1.74 bits per heavy atom. The first-order valence-electron chi connectivity index (χ1n) is 11.4. The Morgan fingerprint density at radius 3 is 2.43 bits per heavy atom. The number of ether oxygens (including phenoxy) is 1. The highest BCUT2D eigenvalue weighted by molar-refractivity contribution is 7.99. The first kappa shape index (κ1) is 24.5. The van der Waals surface area contributed by atoms with Crippen LogP contribution in [0.4, 0.5) is 10.1 Å². The molecule has 1 aromatic heterocycles. The molecule has 1 unspecified atom stereocenters. The van der Waals surface area contributed by atoms with Gasteiger partial charge in [-0.15, -0.1) is 10.2 Å². The van der Waals surface area contributed by atoms with E-state index in [1.54, 1.807) is 12.1 Å². The Kier molecular flexibility index (Phi) is 7.82. The summed E-state index contributed by atoms with van der Waals surface area (Å²) in [6.07, 6.45) is -0.386. The summed E-state index contributed by atoms with van der Waals surface area (Å²) in [4.78, 5) is 12.5. The molecule has 0 saturated heterocycles. The second-order valence-corrected chi connectivity index (χ2v) is 9.29. The normalized spacial score (nSPS) is 11.9. The highest BCUT2D eigenvalue weighted by atomic mass is 32.2. The molecule has 1 N–H and O–H groups in total. The van der Waals surface area contributed by atoms with E-state index in [0.29, 0.717) is 22.6 Å². The maximum Gasteiger partial charge on any atom is 0.234 e. The zero-order valence-corrected chi connectivity index (χ0v) is 20.6. The molecule has 0 saturated carbocycles. The van der Waals surface area contributed by atoms with Crippen LogP contribution in [0, 0.1) is 5.82 Å². The Morgan fingerprint density at radius 1 is 1.00 bits per heavy atom. The van der Waals surface area contributed by atoms with Crippen molar-refractivity contribution in [1.82, 2.24) is 14.8 Å². The zero-order chi connectivity index (χ0) is 24.8. The summed E-state index contributed by atoms with van der Waals surface area (Å²) < 4.78 is 21.5. The van der Waals surface area contributed by atoms with Gasteiger partial charge in [-0.05, 0) is 60.9 Å². The standard InChI is InChI=1S/C27H27FN4O2S/c1-18(2)20-12-14-24(15-13-20)34-19(3)26-30-31-27(32(26)23-10-5-4-6-11-23)35-17-25(33)29-22-9-7-8-21(28)16-22/h4-16,18-19H,17H2,1-3H3,(H,29,33). The number of aromatic nitrogens is 3. The van der Waals surface area contributed by atoms with Crippen molar-refractivity contribution in [2.45, 2.75) is 37.9 Å². The van der Waals surface area contributed by atoms with E-state index in [9.17, 15) is 9.18 Å². The van der Waals surface area contributed by atoms with Crippen LogP contribution in [-0.2, 0) is 4.79 Å². The monoisotopic (exact) mass is 490 g/mol. The van der Waals surface area contributed by atoms with Crippen LogP contribution in [0.15, 0.2) is 84.0 Å². The van der Waals surface area contributed by atoms with Crippen molar-refractivity contribution in [3.8, 4) is 11.4 Å². The molecule has 4 aromatic rings. The Balaban J connectivity index is 1.52. The van der Waals surface area contributed by atoms with E-state index in [1.165, 1.54) is 29.5 Å². The Labute approximate surface area is 208 Å². The fourth-order valence-corrected chi connectivity index (χ4v) is 4.30. The third-order valence-corrected chi connectivity index (χ3v) is 6.27. The molecule has 0 aliphatic rings. The van der Waals surface area contributed by atoms with Gasteiger partial charge < -0.3 is 10.1 Å². The maximum absolute atomic E-state index is 13.4. The van der Waals surface area contributed by atoms with E-state index in [4.69, 9.17) is 4.74 Å². The lowest BCUT2D eigenvalue weighted by atomic mass is 10.0. The van der Waals surface area contributed by atoms with E-state index in [-0.39, 0.29) is 17.8 Å². The van der Waals surface area contributed by atoms with Crippen molar-refractivity contribution < 1.29 is 13.9 Å². The summed E-state index contributed by atoms with van der Waals surface area (Å²) in [7, 11) is 0. The number of rotatable bonds is 9. The Hall–Kier alpha value is -3.65. The lowest BCUT2D eigenvalue weighted by Gasteiger charge is -2.17. The molecule has 0 aliphatic heterocycles. The number of hydrogen-bond donors (Lipinski definition) is 1. The highest BCUT2D eigenvalue weighted by Crippen LogP contribution is 2.28. The van der Waals surface area contributed by atoms with Gasteiger partial charge in [-0.25, -0.2) is 4.39 Å². The number of thioether (sulfide) groups is 1. The fourth-order valence-electron chi connectivity index (χ4n) is 3.54. The molecule has 6 nitrogen and oxygen atoms in total. The maximum atomic E-state index is 13.4. The molecular weight excluding hydrogens is 463 g/mol. The lowest BCUT2D eigenvalue weighted by Crippen LogP contribution is -2.15. The van der Waals surface area contributed by atoms with Crippen molar-refractivity contribution in [2.24, 2.45) is 0 Å². The van der Waals surface area contributed by atoms with Gasteiger partial charge in [0, 0.05) is 11.4 Å². The second kappa shape index (κ2) is 11.2. The van der Waals surface area contributed by atoms with E-state index in [2.05, 4.69) is 41.5 Å². The molecule has 8 heteroatoms. The predicted molar refractivity (Wildman–Crippen MR) is 137 cm³/mol. The predicted octanol–water partition coefficient (Wildman–Crippen LogP) is 6.40. The molecule has 180 valence electrons. The van der Waals surface area contributed by atoms with Gasteiger partial charge in [0.1, 0.15) is 11.6 Å². The van der Waals surface area contributed by atoms with Gasteiger partial charge in [-0.3, -0.25) is 9.36 Å². The van der Waals surface area contributed by atoms with E-state index < -0.39 is 5.82 Å². The van der Waals surface area contributed by atoms with Gasteiger partial charge in [0.05, 0.1) is 5.75 Å². The summed E-state index contributed by atoms with van der Waals surface area (Å²) in [5.74, 6) is 1.23. The Bertz CT molecular complexity index is 1280. The summed E-state index contributed by atoms with van der Waals surface area (Å²) in [6, 6.07) is 23.5. The number of halogens is 1. The fraction of sp³-hybridized carbons (Fsp3) is 0.222. The molecule has 0 radical (unpaired) electrons. The topological polar surface area (TPSA) is 69.0 Å². The van der Waals surface area contributed by atoms with Gasteiger partial charge in [0.2, 0.25) is 5.91 Å². The van der Waals surface area contributed by atoms with E-state index in [1.807, 2.05) is 54.0 Å². The van der Waals surface area contributed by atoms with Crippen LogP contribution in [0.25, 0.3) is 5.69 Å². The quantitative estimate of drug-likeness (QED) is 0.275. The summed E-state index contributed by atoms with van der Waals surface area (Å²) in [6.45, 7) is 6.22. The van der Waals surface area contributed by atoms with Crippen molar-refractivity contribution in [2.75, 3.05) is 11.1 Å². The molecule has 0 bridgehead atoms. The number of anilines is 1. The molecule has 0 aliphatic carbocycles. The van der Waals surface area contributed by atoms with Crippen molar-refractivity contribution in [3.63, 3.8) is 0 Å². The molecule has 0 fully saturated rings. The van der Waals surface area contributed by atoms with E-state index in [0.717, 1.165) is 11.4 Å². The first-order chi connectivity index (χ1) is 16.9. The second-order valence-electron chi connectivity index (χ2n) is 8.34. The van der Waals surface area contributed by atoms with Crippen LogP contribution >= 0.6 is 11.8 Å². The van der Waals surface area contributed by atoms with Crippen LogP contribution in [-0.4, -0.2) is 26.4 Å². The van der Waals surface area contributed by atoms with Crippen LogP contribution in [0.5, 0.6) is 5.75 Å². The molecule has 3 aromatic carbocycles. The largest absolute Gasteiger partial charge is 0.483 e. The summed E-state index contributed by atoms with van der Waals surface area (Å²) in [5.41, 5.74) is 2.52.